The van der Waals surface area contributed by atoms with Crippen LogP contribution in [-0.2, 0) is 0 Å². The predicted octanol–water partition coefficient (Wildman–Crippen LogP) is 0.994. The number of nitrogens with one attached hydrogen (secondary N) is 2. The van der Waals surface area contributed by atoms with Crippen molar-refractivity contribution >= 4 is 5.82 Å². The number of hydrogen-bond donors (Lipinski definition) is 2. The van der Waals surface area contributed by atoms with Gasteiger partial charge < -0.3 is 19.9 Å². The second kappa shape index (κ2) is 7.28. The third-order valence-corrected chi connectivity index (χ3v) is 3.67. The summed E-state index contributed by atoms with van der Waals surface area (Å²) in [6.07, 6.45) is 4.89. The predicted molar refractivity (Wildman–Crippen MR) is 79.5 cm³/mol. The molecule has 0 radical (unpaired) electrons. The molecule has 0 aromatic carbocycles. The highest BCUT2D eigenvalue weighted by Gasteiger charge is 2.21. The molecule has 1 aromatic heterocycles. The Kier molecular flexibility index (Phi) is 5.40. The third-order valence-electron chi connectivity index (χ3n) is 3.67. The Balaban J connectivity index is 2.19. The fourth-order valence-corrected chi connectivity index (χ4v) is 2.73. The molecule has 6 nitrogen and oxygen atoms in total. The van der Waals surface area contributed by atoms with E-state index in [0.717, 1.165) is 32.6 Å². The van der Waals surface area contributed by atoms with Crippen LogP contribution in [0.1, 0.15) is 26.2 Å². The van der Waals surface area contributed by atoms with E-state index in [9.17, 15) is 4.79 Å². The maximum absolute atomic E-state index is 11.8. The Morgan fingerprint density at radius 2 is 2.40 bits per heavy atom. The highest BCUT2D eigenvalue weighted by molar-refractivity contribution is 5.50. The SMILES string of the molecule is CCCN(CC1CCCNC1)c1nc[nH]c(=O)c1OC. The molecule has 1 atom stereocenters. The highest BCUT2D eigenvalue weighted by atomic mass is 16.5. The fourth-order valence-electron chi connectivity index (χ4n) is 2.73. The van der Waals surface area contributed by atoms with Crippen LogP contribution in [0, 0.1) is 5.92 Å². The van der Waals surface area contributed by atoms with Crippen molar-refractivity contribution in [2.75, 3.05) is 38.2 Å². The number of nitrogens with zero attached hydrogens (tertiary/aromatic N) is 2. The molecule has 1 saturated heterocycles. The van der Waals surface area contributed by atoms with Crippen molar-refractivity contribution < 1.29 is 4.74 Å². The third kappa shape index (κ3) is 3.50. The number of hydrogen-bond acceptors (Lipinski definition) is 5. The Labute approximate surface area is 119 Å². The summed E-state index contributed by atoms with van der Waals surface area (Å²) in [4.78, 5) is 20.9. The van der Waals surface area contributed by atoms with Crippen LogP contribution < -0.4 is 20.5 Å². The van der Waals surface area contributed by atoms with E-state index in [-0.39, 0.29) is 5.56 Å². The summed E-state index contributed by atoms with van der Waals surface area (Å²) < 4.78 is 5.23. The summed E-state index contributed by atoms with van der Waals surface area (Å²) in [5.41, 5.74) is -0.222. The van der Waals surface area contributed by atoms with E-state index in [0.29, 0.717) is 17.5 Å². The number of rotatable bonds is 6. The van der Waals surface area contributed by atoms with Crippen LogP contribution in [0.4, 0.5) is 5.82 Å². The van der Waals surface area contributed by atoms with Gasteiger partial charge >= 0.3 is 0 Å². The van der Waals surface area contributed by atoms with Crippen molar-refractivity contribution in [2.45, 2.75) is 26.2 Å². The van der Waals surface area contributed by atoms with Crippen molar-refractivity contribution in [1.29, 1.82) is 0 Å². The number of aromatic amines is 1. The van der Waals surface area contributed by atoms with Gasteiger partial charge in [0.15, 0.2) is 5.82 Å². The van der Waals surface area contributed by atoms with E-state index in [1.54, 1.807) is 0 Å². The lowest BCUT2D eigenvalue weighted by atomic mass is 9.99. The number of anilines is 1. The van der Waals surface area contributed by atoms with Crippen molar-refractivity contribution in [1.82, 2.24) is 15.3 Å². The zero-order chi connectivity index (χ0) is 14.4. The van der Waals surface area contributed by atoms with Crippen LogP contribution in [0.25, 0.3) is 0 Å². The topological polar surface area (TPSA) is 70.2 Å². The molecule has 0 bridgehead atoms. The number of aromatic nitrogens is 2. The molecule has 2 heterocycles. The largest absolute Gasteiger partial charge is 0.489 e. The molecular weight excluding hydrogens is 256 g/mol. The Morgan fingerprint density at radius 3 is 3.05 bits per heavy atom. The zero-order valence-electron chi connectivity index (χ0n) is 12.3. The van der Waals surface area contributed by atoms with Gasteiger partial charge in [-0.2, -0.15) is 0 Å². The van der Waals surface area contributed by atoms with Crippen molar-refractivity contribution in [3.63, 3.8) is 0 Å². The maximum Gasteiger partial charge on any atom is 0.295 e. The number of ether oxygens (including phenoxy) is 1. The molecule has 1 unspecified atom stereocenters. The van der Waals surface area contributed by atoms with Crippen LogP contribution in [0.3, 0.4) is 0 Å². The minimum atomic E-state index is -0.222. The quantitative estimate of drug-likeness (QED) is 0.813. The normalized spacial score (nSPS) is 18.8. The van der Waals surface area contributed by atoms with Gasteiger partial charge in [-0.15, -0.1) is 0 Å². The van der Waals surface area contributed by atoms with Crippen LogP contribution in [0.2, 0.25) is 0 Å². The van der Waals surface area contributed by atoms with Gasteiger partial charge in [0.05, 0.1) is 13.4 Å². The summed E-state index contributed by atoms with van der Waals surface area (Å²) in [5.74, 6) is 1.56. The van der Waals surface area contributed by atoms with Crippen LogP contribution >= 0.6 is 0 Å². The maximum atomic E-state index is 11.8. The first kappa shape index (κ1) is 14.8. The molecule has 6 heteroatoms. The van der Waals surface area contributed by atoms with E-state index in [2.05, 4.69) is 27.1 Å². The molecule has 0 aliphatic carbocycles. The average molecular weight is 280 g/mol. The first-order chi connectivity index (χ1) is 9.76. The van der Waals surface area contributed by atoms with Gasteiger partial charge in [-0.25, -0.2) is 4.98 Å². The summed E-state index contributed by atoms with van der Waals surface area (Å²) >= 11 is 0. The van der Waals surface area contributed by atoms with Crippen molar-refractivity contribution in [3.8, 4) is 5.75 Å². The fraction of sp³-hybridized carbons (Fsp3) is 0.714. The van der Waals surface area contributed by atoms with Crippen LogP contribution in [-0.4, -0.2) is 43.3 Å². The van der Waals surface area contributed by atoms with Gasteiger partial charge in [-0.3, -0.25) is 4.79 Å². The first-order valence-corrected chi connectivity index (χ1v) is 7.33. The summed E-state index contributed by atoms with van der Waals surface area (Å²) in [7, 11) is 1.52. The first-order valence-electron chi connectivity index (χ1n) is 7.33. The molecule has 2 N–H and O–H groups in total. The van der Waals surface area contributed by atoms with Gasteiger partial charge in [0.25, 0.3) is 5.56 Å². The minimum Gasteiger partial charge on any atom is -0.489 e. The monoisotopic (exact) mass is 280 g/mol. The zero-order valence-corrected chi connectivity index (χ0v) is 12.3. The smallest absolute Gasteiger partial charge is 0.295 e. The lowest BCUT2D eigenvalue weighted by molar-refractivity contribution is 0.370. The molecule has 20 heavy (non-hydrogen) atoms. The summed E-state index contributed by atoms with van der Waals surface area (Å²) in [6, 6.07) is 0. The summed E-state index contributed by atoms with van der Waals surface area (Å²) in [6.45, 7) is 6.06. The number of methoxy groups -OCH3 is 1. The van der Waals surface area contributed by atoms with Gasteiger partial charge in [0, 0.05) is 13.1 Å². The van der Waals surface area contributed by atoms with E-state index in [1.165, 1.54) is 26.3 Å². The van der Waals surface area contributed by atoms with Crippen molar-refractivity contribution in [3.05, 3.63) is 16.7 Å². The lowest BCUT2D eigenvalue weighted by Crippen LogP contribution is -2.39. The highest BCUT2D eigenvalue weighted by Crippen LogP contribution is 2.23. The van der Waals surface area contributed by atoms with Crippen LogP contribution in [0.5, 0.6) is 5.75 Å². The number of piperidine rings is 1. The van der Waals surface area contributed by atoms with Gasteiger partial charge in [0.1, 0.15) is 0 Å². The standard InChI is InChI=1S/C14H24N4O2/c1-3-7-18(9-11-5-4-6-15-8-11)13-12(20-2)14(19)17-10-16-13/h10-11,15H,3-9H2,1-2H3,(H,16,17,19). The summed E-state index contributed by atoms with van der Waals surface area (Å²) in [5, 5.41) is 3.43. The molecule has 0 amide bonds. The molecule has 0 spiro atoms. The minimum absolute atomic E-state index is 0.222. The van der Waals surface area contributed by atoms with Gasteiger partial charge in [0.2, 0.25) is 5.75 Å². The van der Waals surface area contributed by atoms with E-state index in [4.69, 9.17) is 4.74 Å². The molecule has 1 fully saturated rings. The molecule has 112 valence electrons. The van der Waals surface area contributed by atoms with Gasteiger partial charge in [-0.1, -0.05) is 6.92 Å². The van der Waals surface area contributed by atoms with E-state index >= 15 is 0 Å². The van der Waals surface area contributed by atoms with Crippen LogP contribution in [0.15, 0.2) is 11.1 Å². The van der Waals surface area contributed by atoms with Crippen molar-refractivity contribution in [2.24, 2.45) is 5.92 Å². The lowest BCUT2D eigenvalue weighted by Gasteiger charge is -2.31. The Bertz CT molecular complexity index is 468. The number of H-pyrrole nitrogens is 1. The molecule has 1 aromatic rings. The second-order valence-corrected chi connectivity index (χ2v) is 5.25. The Morgan fingerprint density at radius 1 is 1.55 bits per heavy atom. The second-order valence-electron chi connectivity index (χ2n) is 5.25. The molecule has 1 aliphatic rings. The van der Waals surface area contributed by atoms with E-state index < -0.39 is 0 Å². The van der Waals surface area contributed by atoms with E-state index in [1.807, 2.05) is 0 Å². The molecule has 1 aliphatic heterocycles. The molecule has 2 rings (SSSR count). The Hall–Kier alpha value is -1.56. The van der Waals surface area contributed by atoms with Gasteiger partial charge in [-0.05, 0) is 38.3 Å². The molecular formula is C14H24N4O2. The average Bonchev–Trinajstić information content (AvgIpc) is 2.47. The molecule has 0 saturated carbocycles.